The van der Waals surface area contributed by atoms with Gasteiger partial charge >= 0.3 is 18.0 Å². The van der Waals surface area contributed by atoms with Crippen LogP contribution in [0.4, 0.5) is 22.0 Å². The minimum Gasteiger partial charge on any atom is -0.376 e. The Kier molecular flexibility index (Phi) is 3.66. The molecule has 2 atom stereocenters. The van der Waals surface area contributed by atoms with E-state index in [0.717, 1.165) is 7.05 Å². The molecule has 1 fully saturated rings. The lowest BCUT2D eigenvalue weighted by Gasteiger charge is -2.30. The van der Waals surface area contributed by atoms with Gasteiger partial charge in [0.2, 0.25) is 0 Å². The van der Waals surface area contributed by atoms with Crippen LogP contribution in [0.3, 0.4) is 0 Å². The van der Waals surface area contributed by atoms with Crippen molar-refractivity contribution in [2.75, 3.05) is 13.7 Å². The first-order valence-corrected chi connectivity index (χ1v) is 4.92. The zero-order valence-electron chi connectivity index (χ0n) is 9.22. The fourth-order valence-electron chi connectivity index (χ4n) is 1.72. The molecule has 1 saturated heterocycles. The molecule has 2 unspecified atom stereocenters. The quantitative estimate of drug-likeness (QED) is 0.710. The summed E-state index contributed by atoms with van der Waals surface area (Å²) < 4.78 is 66.6. The van der Waals surface area contributed by atoms with E-state index >= 15 is 0 Å². The average Bonchev–Trinajstić information content (AvgIpc) is 2.60. The number of nitrogens with zero attached hydrogens (tertiary/aromatic N) is 1. The lowest BCUT2D eigenvalue weighted by atomic mass is 10.1. The highest BCUT2D eigenvalue weighted by atomic mass is 19.4. The number of hydrogen-bond donors (Lipinski definition) is 0. The van der Waals surface area contributed by atoms with Gasteiger partial charge in [0.1, 0.15) is 0 Å². The summed E-state index contributed by atoms with van der Waals surface area (Å²) in [5.74, 6) is -7.60. The molecular formula is C9H12F5NO2. The topological polar surface area (TPSA) is 29.5 Å². The molecule has 0 aromatic rings. The van der Waals surface area contributed by atoms with Gasteiger partial charge in [-0.25, -0.2) is 0 Å². The molecule has 1 heterocycles. The second-order valence-electron chi connectivity index (χ2n) is 3.92. The number of amides is 1. The predicted molar refractivity (Wildman–Crippen MR) is 47.6 cm³/mol. The maximum Gasteiger partial charge on any atom is 0.463 e. The van der Waals surface area contributed by atoms with Crippen LogP contribution in [0, 0.1) is 0 Å². The highest BCUT2D eigenvalue weighted by Gasteiger charge is 2.65. The number of ether oxygens (including phenoxy) is 1. The van der Waals surface area contributed by atoms with Crippen molar-refractivity contribution in [1.82, 2.24) is 4.90 Å². The first-order chi connectivity index (χ1) is 7.59. The van der Waals surface area contributed by atoms with Crippen LogP contribution >= 0.6 is 0 Å². The summed E-state index contributed by atoms with van der Waals surface area (Å²) in [4.78, 5) is 11.6. The summed E-state index contributed by atoms with van der Waals surface area (Å²) in [6.07, 6.45) is -6.17. The molecule has 0 radical (unpaired) electrons. The number of rotatable bonds is 2. The average molecular weight is 261 g/mol. The first-order valence-electron chi connectivity index (χ1n) is 4.92. The highest BCUT2D eigenvalue weighted by Crippen LogP contribution is 2.37. The van der Waals surface area contributed by atoms with Crippen molar-refractivity contribution in [2.45, 2.75) is 37.6 Å². The Morgan fingerprint density at radius 2 is 1.82 bits per heavy atom. The van der Waals surface area contributed by atoms with Crippen molar-refractivity contribution in [2.24, 2.45) is 0 Å². The molecule has 3 nitrogen and oxygen atoms in total. The lowest BCUT2D eigenvalue weighted by Crippen LogP contribution is -2.54. The molecule has 0 aromatic carbocycles. The number of hydrogen-bond acceptors (Lipinski definition) is 2. The van der Waals surface area contributed by atoms with Gasteiger partial charge < -0.3 is 9.64 Å². The summed E-state index contributed by atoms with van der Waals surface area (Å²) in [6.45, 7) is 1.76. The SMILES string of the molecule is CC1OCCC1N(C)C(=O)C(F)(F)C(F)(F)F. The van der Waals surface area contributed by atoms with Gasteiger partial charge in [-0.05, 0) is 13.3 Å². The second-order valence-corrected chi connectivity index (χ2v) is 3.92. The number of carbonyl (C=O) groups is 1. The molecule has 1 aliphatic rings. The van der Waals surface area contributed by atoms with Gasteiger partial charge in [-0.3, -0.25) is 4.79 Å². The molecular weight excluding hydrogens is 249 g/mol. The largest absolute Gasteiger partial charge is 0.463 e. The van der Waals surface area contributed by atoms with Crippen LogP contribution in [0.1, 0.15) is 13.3 Å². The van der Waals surface area contributed by atoms with Gasteiger partial charge in [0.25, 0.3) is 0 Å². The summed E-state index contributed by atoms with van der Waals surface area (Å²) in [7, 11) is 0.928. The Labute approximate surface area is 94.5 Å². The normalized spacial score (nSPS) is 26.1. The van der Waals surface area contributed by atoms with E-state index in [4.69, 9.17) is 4.74 Å². The van der Waals surface area contributed by atoms with Crippen molar-refractivity contribution >= 4 is 5.91 Å². The van der Waals surface area contributed by atoms with Gasteiger partial charge in [-0.15, -0.1) is 0 Å². The zero-order valence-corrected chi connectivity index (χ0v) is 9.22. The van der Waals surface area contributed by atoms with Gasteiger partial charge in [0.05, 0.1) is 12.1 Å². The van der Waals surface area contributed by atoms with Crippen molar-refractivity contribution in [1.29, 1.82) is 0 Å². The third kappa shape index (κ3) is 2.51. The van der Waals surface area contributed by atoms with Crippen LogP contribution < -0.4 is 0 Å². The van der Waals surface area contributed by atoms with E-state index in [1.54, 1.807) is 0 Å². The van der Waals surface area contributed by atoms with E-state index in [-0.39, 0.29) is 13.0 Å². The lowest BCUT2D eigenvalue weighted by molar-refractivity contribution is -0.274. The minimum atomic E-state index is -5.87. The number of halogens is 5. The Morgan fingerprint density at radius 3 is 2.18 bits per heavy atom. The van der Waals surface area contributed by atoms with Gasteiger partial charge in [-0.1, -0.05) is 0 Å². The molecule has 0 N–H and O–H groups in total. The van der Waals surface area contributed by atoms with Gasteiger partial charge in [0, 0.05) is 13.7 Å². The maximum absolute atomic E-state index is 12.8. The molecule has 1 aliphatic heterocycles. The van der Waals surface area contributed by atoms with E-state index in [0.29, 0.717) is 4.90 Å². The van der Waals surface area contributed by atoms with Gasteiger partial charge in [0.15, 0.2) is 0 Å². The molecule has 0 saturated carbocycles. The van der Waals surface area contributed by atoms with Crippen LogP contribution in [0.25, 0.3) is 0 Å². The third-order valence-electron chi connectivity index (χ3n) is 2.78. The molecule has 1 rings (SSSR count). The highest BCUT2D eigenvalue weighted by molar-refractivity contribution is 5.84. The fraction of sp³-hybridized carbons (Fsp3) is 0.889. The Morgan fingerprint density at radius 1 is 1.29 bits per heavy atom. The monoisotopic (exact) mass is 261 g/mol. The van der Waals surface area contributed by atoms with E-state index in [1.165, 1.54) is 6.92 Å². The van der Waals surface area contributed by atoms with Crippen molar-refractivity contribution in [3.05, 3.63) is 0 Å². The van der Waals surface area contributed by atoms with Gasteiger partial charge in [-0.2, -0.15) is 22.0 Å². The predicted octanol–water partition coefficient (Wildman–Crippen LogP) is 1.82. The summed E-state index contributed by atoms with van der Waals surface area (Å²) in [5.41, 5.74) is 0. The molecule has 0 aromatic heterocycles. The minimum absolute atomic E-state index is 0.237. The maximum atomic E-state index is 12.8. The fourth-order valence-corrected chi connectivity index (χ4v) is 1.72. The van der Waals surface area contributed by atoms with Crippen molar-refractivity contribution in [3.8, 4) is 0 Å². The molecule has 0 bridgehead atoms. The Bertz CT molecular complexity index is 304. The van der Waals surface area contributed by atoms with E-state index in [1.807, 2.05) is 0 Å². The number of likely N-dealkylation sites (N-methyl/N-ethyl adjacent to an activating group) is 1. The van der Waals surface area contributed by atoms with Crippen LogP contribution in [0.5, 0.6) is 0 Å². The Balaban J connectivity index is 2.83. The summed E-state index contributed by atoms with van der Waals surface area (Å²) >= 11 is 0. The van der Waals surface area contributed by atoms with Crippen molar-refractivity contribution < 1.29 is 31.5 Å². The molecule has 1 amide bonds. The third-order valence-corrected chi connectivity index (χ3v) is 2.78. The zero-order chi connectivity index (χ0) is 13.4. The van der Waals surface area contributed by atoms with Crippen LogP contribution in [-0.2, 0) is 9.53 Å². The Hall–Kier alpha value is -0.920. The van der Waals surface area contributed by atoms with Crippen molar-refractivity contribution in [3.63, 3.8) is 0 Å². The van der Waals surface area contributed by atoms with Crippen LogP contribution in [0.2, 0.25) is 0 Å². The smallest absolute Gasteiger partial charge is 0.376 e. The molecule has 0 aliphatic carbocycles. The van der Waals surface area contributed by atoms with E-state index in [9.17, 15) is 26.7 Å². The van der Waals surface area contributed by atoms with Crippen LogP contribution in [-0.4, -0.2) is 48.7 Å². The van der Waals surface area contributed by atoms with E-state index < -0.39 is 30.2 Å². The van der Waals surface area contributed by atoms with E-state index in [2.05, 4.69) is 0 Å². The molecule has 0 spiro atoms. The summed E-state index contributed by atoms with van der Waals surface area (Å²) in [6, 6.07) is -0.754. The van der Waals surface area contributed by atoms with Crippen LogP contribution in [0.15, 0.2) is 0 Å². The first kappa shape index (κ1) is 14.1. The summed E-state index contributed by atoms with van der Waals surface area (Å²) in [5, 5.41) is 0. The second kappa shape index (κ2) is 4.40. The standard InChI is InChI=1S/C9H12F5NO2/c1-5-6(3-4-17-5)15(2)7(16)8(10,11)9(12,13)14/h5-6H,3-4H2,1-2H3. The number of carbonyl (C=O) groups excluding carboxylic acids is 1. The molecule has 8 heteroatoms. The molecule has 17 heavy (non-hydrogen) atoms. The molecule has 100 valence electrons. The number of alkyl halides is 5.